The topological polar surface area (TPSA) is 57.4 Å². The van der Waals surface area contributed by atoms with Crippen molar-refractivity contribution in [2.24, 2.45) is 0 Å². The number of aromatic nitrogens is 1. The molecule has 0 atom stereocenters. The summed E-state index contributed by atoms with van der Waals surface area (Å²) >= 11 is 0. The molecular formula is C15H19N3O2. The number of aryl methyl sites for hydroxylation is 1. The highest BCUT2D eigenvalue weighted by Gasteiger charge is 2.22. The van der Waals surface area contributed by atoms with Crippen molar-refractivity contribution in [3.05, 3.63) is 29.5 Å². The van der Waals surface area contributed by atoms with Crippen LogP contribution in [0.4, 0.5) is 0 Å². The molecule has 3 rings (SSSR count). The number of nitrogens with one attached hydrogen (secondary N) is 2. The van der Waals surface area contributed by atoms with Gasteiger partial charge in [-0.05, 0) is 18.6 Å². The molecule has 0 radical (unpaired) electrons. The minimum Gasteiger partial charge on any atom is -0.495 e. The van der Waals surface area contributed by atoms with Crippen LogP contribution in [0.3, 0.4) is 0 Å². The van der Waals surface area contributed by atoms with Crippen LogP contribution in [0.5, 0.6) is 5.75 Å². The molecule has 2 heterocycles. The molecule has 0 unspecified atom stereocenters. The van der Waals surface area contributed by atoms with Crippen LogP contribution in [0.2, 0.25) is 0 Å². The van der Waals surface area contributed by atoms with Crippen LogP contribution in [0.1, 0.15) is 15.9 Å². The summed E-state index contributed by atoms with van der Waals surface area (Å²) < 4.78 is 5.35. The predicted molar refractivity (Wildman–Crippen MR) is 78.4 cm³/mol. The Morgan fingerprint density at radius 3 is 2.75 bits per heavy atom. The zero-order chi connectivity index (χ0) is 14.1. The summed E-state index contributed by atoms with van der Waals surface area (Å²) in [7, 11) is 1.64. The number of fused-ring (bicyclic) bond motifs is 1. The Bertz CT molecular complexity index is 642. The second-order valence-electron chi connectivity index (χ2n) is 5.08. The number of rotatable bonds is 2. The van der Waals surface area contributed by atoms with E-state index in [4.69, 9.17) is 4.74 Å². The maximum Gasteiger partial charge on any atom is 0.256 e. The second-order valence-corrected chi connectivity index (χ2v) is 5.08. The summed E-state index contributed by atoms with van der Waals surface area (Å²) in [5.41, 5.74) is 2.71. The molecule has 2 aromatic rings. The number of hydrogen-bond donors (Lipinski definition) is 2. The Morgan fingerprint density at radius 2 is 2.05 bits per heavy atom. The predicted octanol–water partition coefficient (Wildman–Crippen LogP) is 1.53. The van der Waals surface area contributed by atoms with Gasteiger partial charge in [-0.3, -0.25) is 4.79 Å². The Kier molecular flexibility index (Phi) is 3.36. The number of aromatic amines is 1. The van der Waals surface area contributed by atoms with E-state index in [1.165, 1.54) is 0 Å². The molecule has 0 aliphatic carbocycles. The average Bonchev–Trinajstić information content (AvgIpc) is 2.94. The summed E-state index contributed by atoms with van der Waals surface area (Å²) in [5.74, 6) is 0.860. The van der Waals surface area contributed by atoms with Crippen molar-refractivity contribution < 1.29 is 9.53 Å². The maximum atomic E-state index is 12.7. The van der Waals surface area contributed by atoms with Crippen LogP contribution >= 0.6 is 0 Å². The van der Waals surface area contributed by atoms with E-state index in [0.717, 1.165) is 54.0 Å². The van der Waals surface area contributed by atoms with Crippen molar-refractivity contribution in [3.63, 3.8) is 0 Å². The van der Waals surface area contributed by atoms with Crippen molar-refractivity contribution >= 4 is 16.8 Å². The van der Waals surface area contributed by atoms with Crippen molar-refractivity contribution in [2.75, 3.05) is 33.3 Å². The van der Waals surface area contributed by atoms with Gasteiger partial charge in [0, 0.05) is 37.8 Å². The molecule has 1 fully saturated rings. The lowest BCUT2D eigenvalue weighted by Crippen LogP contribution is -2.46. The lowest BCUT2D eigenvalue weighted by Gasteiger charge is -2.27. The van der Waals surface area contributed by atoms with Gasteiger partial charge in [0.15, 0.2) is 0 Å². The zero-order valence-electron chi connectivity index (χ0n) is 11.8. The van der Waals surface area contributed by atoms with Crippen LogP contribution < -0.4 is 10.1 Å². The number of H-pyrrole nitrogens is 1. The van der Waals surface area contributed by atoms with Gasteiger partial charge in [-0.15, -0.1) is 0 Å². The molecule has 5 heteroatoms. The van der Waals surface area contributed by atoms with E-state index < -0.39 is 0 Å². The van der Waals surface area contributed by atoms with Crippen molar-refractivity contribution in [2.45, 2.75) is 6.92 Å². The lowest BCUT2D eigenvalue weighted by molar-refractivity contribution is 0.0738. The third kappa shape index (κ3) is 2.04. The molecule has 2 N–H and O–H groups in total. The first kappa shape index (κ1) is 13.0. The number of amides is 1. The molecule has 1 aliphatic heterocycles. The normalized spacial score (nSPS) is 15.6. The SMILES string of the molecule is COc1ccc(C)c2c(C(=O)N3CCNCC3)c[nH]c12. The fourth-order valence-electron chi connectivity index (χ4n) is 2.77. The van der Waals surface area contributed by atoms with Gasteiger partial charge < -0.3 is 19.9 Å². The minimum absolute atomic E-state index is 0.0918. The van der Waals surface area contributed by atoms with E-state index in [0.29, 0.717) is 0 Å². The van der Waals surface area contributed by atoms with Gasteiger partial charge in [0.05, 0.1) is 18.2 Å². The average molecular weight is 273 g/mol. The maximum absolute atomic E-state index is 12.7. The summed E-state index contributed by atoms with van der Waals surface area (Å²) in [4.78, 5) is 17.7. The highest BCUT2D eigenvalue weighted by Crippen LogP contribution is 2.30. The second kappa shape index (κ2) is 5.17. The number of hydrogen-bond acceptors (Lipinski definition) is 3. The van der Waals surface area contributed by atoms with Crippen LogP contribution in [-0.2, 0) is 0 Å². The van der Waals surface area contributed by atoms with E-state index in [9.17, 15) is 4.79 Å². The molecule has 0 spiro atoms. The number of carbonyl (C=O) groups is 1. The summed E-state index contributed by atoms with van der Waals surface area (Å²) in [6, 6.07) is 3.91. The fourth-order valence-corrected chi connectivity index (χ4v) is 2.77. The van der Waals surface area contributed by atoms with Gasteiger partial charge in [0.25, 0.3) is 5.91 Å². The van der Waals surface area contributed by atoms with Crippen LogP contribution in [-0.4, -0.2) is 49.1 Å². The first-order valence-corrected chi connectivity index (χ1v) is 6.87. The summed E-state index contributed by atoms with van der Waals surface area (Å²) in [5, 5.41) is 4.23. The lowest BCUT2D eigenvalue weighted by atomic mass is 10.1. The third-order valence-corrected chi connectivity index (χ3v) is 3.86. The Hall–Kier alpha value is -2.01. The molecule has 106 valence electrons. The number of piperazine rings is 1. The van der Waals surface area contributed by atoms with E-state index in [1.54, 1.807) is 13.3 Å². The molecule has 5 nitrogen and oxygen atoms in total. The summed E-state index contributed by atoms with van der Waals surface area (Å²) in [6.45, 7) is 5.25. The summed E-state index contributed by atoms with van der Waals surface area (Å²) in [6.07, 6.45) is 1.80. The largest absolute Gasteiger partial charge is 0.495 e. The van der Waals surface area contributed by atoms with Crippen molar-refractivity contribution in [3.8, 4) is 5.75 Å². The molecular weight excluding hydrogens is 254 g/mol. The standard InChI is InChI=1S/C15H19N3O2/c1-10-3-4-12(20-2)14-13(10)11(9-17-14)15(19)18-7-5-16-6-8-18/h3-4,9,16-17H,5-8H2,1-2H3. The highest BCUT2D eigenvalue weighted by molar-refractivity contribution is 6.09. The van der Waals surface area contributed by atoms with Gasteiger partial charge in [-0.25, -0.2) is 0 Å². The van der Waals surface area contributed by atoms with Gasteiger partial charge >= 0.3 is 0 Å². The minimum atomic E-state index is 0.0918. The van der Waals surface area contributed by atoms with Crippen LogP contribution in [0, 0.1) is 6.92 Å². The van der Waals surface area contributed by atoms with Crippen molar-refractivity contribution in [1.29, 1.82) is 0 Å². The number of nitrogens with zero attached hydrogens (tertiary/aromatic N) is 1. The number of benzene rings is 1. The smallest absolute Gasteiger partial charge is 0.256 e. The molecule has 1 aromatic heterocycles. The van der Waals surface area contributed by atoms with Crippen LogP contribution in [0.25, 0.3) is 10.9 Å². The van der Waals surface area contributed by atoms with Gasteiger partial charge in [-0.2, -0.15) is 0 Å². The van der Waals surface area contributed by atoms with E-state index in [-0.39, 0.29) is 5.91 Å². The molecule has 0 saturated carbocycles. The molecule has 20 heavy (non-hydrogen) atoms. The molecule has 1 saturated heterocycles. The molecule has 1 aliphatic rings. The van der Waals surface area contributed by atoms with E-state index in [1.807, 2.05) is 24.0 Å². The number of carbonyl (C=O) groups excluding carboxylic acids is 1. The number of ether oxygens (including phenoxy) is 1. The van der Waals surface area contributed by atoms with E-state index in [2.05, 4.69) is 10.3 Å². The Balaban J connectivity index is 2.05. The first-order valence-electron chi connectivity index (χ1n) is 6.87. The van der Waals surface area contributed by atoms with Gasteiger partial charge in [0.2, 0.25) is 0 Å². The highest BCUT2D eigenvalue weighted by atomic mass is 16.5. The monoisotopic (exact) mass is 273 g/mol. The zero-order valence-corrected chi connectivity index (χ0v) is 11.8. The first-order chi connectivity index (χ1) is 9.72. The Labute approximate surface area is 117 Å². The molecule has 1 amide bonds. The third-order valence-electron chi connectivity index (χ3n) is 3.86. The quantitative estimate of drug-likeness (QED) is 0.872. The number of methoxy groups -OCH3 is 1. The van der Waals surface area contributed by atoms with E-state index >= 15 is 0 Å². The fraction of sp³-hybridized carbons (Fsp3) is 0.400. The van der Waals surface area contributed by atoms with Crippen LogP contribution in [0.15, 0.2) is 18.3 Å². The van der Waals surface area contributed by atoms with Gasteiger partial charge in [0.1, 0.15) is 5.75 Å². The molecule has 1 aromatic carbocycles. The van der Waals surface area contributed by atoms with Crippen molar-refractivity contribution in [1.82, 2.24) is 15.2 Å². The Morgan fingerprint density at radius 1 is 1.30 bits per heavy atom. The molecule has 0 bridgehead atoms. The van der Waals surface area contributed by atoms with Gasteiger partial charge in [-0.1, -0.05) is 6.07 Å².